The Labute approximate surface area is 68.9 Å². The topological polar surface area (TPSA) is 38.0 Å². The van der Waals surface area contributed by atoms with E-state index >= 15 is 0 Å². The molecule has 0 spiro atoms. The summed E-state index contributed by atoms with van der Waals surface area (Å²) in [5.74, 6) is 0. The molecule has 3 N–H and O–H groups in total. The van der Waals surface area contributed by atoms with Crippen LogP contribution in [0, 0.1) is 5.41 Å². The van der Waals surface area contributed by atoms with Gasteiger partial charge in [-0.1, -0.05) is 20.8 Å². The molecule has 0 radical (unpaired) electrons. The van der Waals surface area contributed by atoms with Crippen molar-refractivity contribution in [3.05, 3.63) is 11.3 Å². The molecule has 0 amide bonds. The Kier molecular flexibility index (Phi) is 1.97. The first-order valence-electron chi connectivity index (χ1n) is 4.13. The molecule has 1 heterocycles. The second-order valence-electron chi connectivity index (χ2n) is 4.31. The van der Waals surface area contributed by atoms with Gasteiger partial charge in [0.1, 0.15) is 0 Å². The number of allylic oxidation sites excluding steroid dienone is 1. The predicted molar refractivity (Wildman–Crippen MR) is 47.9 cm³/mol. The average Bonchev–Trinajstić information content (AvgIpc) is 2.08. The minimum atomic E-state index is 0.143. The largest absolute Gasteiger partial charge is 0.373 e. The molecule has 1 rings (SSSR count). The second-order valence-corrected chi connectivity index (χ2v) is 4.31. The van der Waals surface area contributed by atoms with Crippen LogP contribution in [0.5, 0.6) is 0 Å². The van der Waals surface area contributed by atoms with Crippen molar-refractivity contribution >= 4 is 0 Å². The van der Waals surface area contributed by atoms with E-state index < -0.39 is 0 Å². The molecule has 0 aromatic rings. The van der Waals surface area contributed by atoms with E-state index in [-0.39, 0.29) is 11.6 Å². The molecule has 64 valence electrons. The lowest BCUT2D eigenvalue weighted by Crippen LogP contribution is -2.30. The summed E-state index contributed by atoms with van der Waals surface area (Å²) < 4.78 is 0. The van der Waals surface area contributed by atoms with E-state index in [2.05, 4.69) is 33.0 Å². The van der Waals surface area contributed by atoms with Crippen LogP contribution >= 0.6 is 0 Å². The van der Waals surface area contributed by atoms with Crippen LogP contribution in [0.2, 0.25) is 0 Å². The Morgan fingerprint density at radius 1 is 1.45 bits per heavy atom. The van der Waals surface area contributed by atoms with Crippen LogP contribution in [0.1, 0.15) is 34.1 Å². The maximum atomic E-state index is 5.76. The maximum absolute atomic E-state index is 5.76. The van der Waals surface area contributed by atoms with Crippen LogP contribution in [0.15, 0.2) is 11.3 Å². The Hall–Kier alpha value is -0.500. The Morgan fingerprint density at radius 3 is 2.18 bits per heavy atom. The summed E-state index contributed by atoms with van der Waals surface area (Å²) in [6.45, 7) is 8.79. The van der Waals surface area contributed by atoms with E-state index in [1.807, 2.05) is 0 Å². The average molecular weight is 154 g/mol. The summed E-state index contributed by atoms with van der Waals surface area (Å²) in [4.78, 5) is 0. The van der Waals surface area contributed by atoms with E-state index in [0.717, 1.165) is 6.42 Å². The zero-order chi connectivity index (χ0) is 8.65. The van der Waals surface area contributed by atoms with Crippen LogP contribution in [0.25, 0.3) is 0 Å². The molecule has 0 aromatic heterocycles. The lowest BCUT2D eigenvalue weighted by Gasteiger charge is -2.20. The maximum Gasteiger partial charge on any atom is 0.0778 e. The predicted octanol–water partition coefficient (Wildman–Crippen LogP) is 1.58. The Morgan fingerprint density at radius 2 is 2.00 bits per heavy atom. The normalized spacial score (nSPS) is 25.7. The summed E-state index contributed by atoms with van der Waals surface area (Å²) in [6, 6.07) is 0. The molecule has 0 bridgehead atoms. The first-order valence-corrected chi connectivity index (χ1v) is 4.13. The number of nitrogens with two attached hydrogens (primary N) is 1. The fourth-order valence-corrected chi connectivity index (χ4v) is 1.66. The van der Waals surface area contributed by atoms with Crippen LogP contribution in [-0.2, 0) is 0 Å². The molecule has 0 saturated carbocycles. The zero-order valence-corrected chi connectivity index (χ0v) is 7.86. The third-order valence-electron chi connectivity index (χ3n) is 2.18. The number of nitrogens with one attached hydrogen (secondary N) is 1. The van der Waals surface area contributed by atoms with Crippen molar-refractivity contribution in [3.8, 4) is 0 Å². The van der Waals surface area contributed by atoms with Crippen LogP contribution in [0.4, 0.5) is 0 Å². The van der Waals surface area contributed by atoms with Gasteiger partial charge in [-0.25, -0.2) is 0 Å². The zero-order valence-electron chi connectivity index (χ0n) is 7.86. The van der Waals surface area contributed by atoms with Gasteiger partial charge in [-0.05, 0) is 17.9 Å². The number of rotatable bonds is 0. The molecule has 11 heavy (non-hydrogen) atoms. The fraction of sp³-hybridized carbons (Fsp3) is 0.778. The molecular weight excluding hydrogens is 136 g/mol. The van der Waals surface area contributed by atoms with Gasteiger partial charge < -0.3 is 11.1 Å². The van der Waals surface area contributed by atoms with Gasteiger partial charge in [0, 0.05) is 12.1 Å². The van der Waals surface area contributed by atoms with E-state index in [4.69, 9.17) is 5.73 Å². The minimum Gasteiger partial charge on any atom is -0.373 e. The van der Waals surface area contributed by atoms with Crippen molar-refractivity contribution in [1.29, 1.82) is 0 Å². The van der Waals surface area contributed by atoms with E-state index in [9.17, 15) is 0 Å². The van der Waals surface area contributed by atoms with Crippen molar-refractivity contribution in [2.75, 3.05) is 0 Å². The van der Waals surface area contributed by atoms with Gasteiger partial charge in [0.25, 0.3) is 0 Å². The van der Waals surface area contributed by atoms with Crippen molar-refractivity contribution in [2.24, 2.45) is 11.1 Å². The molecule has 0 fully saturated rings. The van der Waals surface area contributed by atoms with Crippen molar-refractivity contribution in [2.45, 2.75) is 40.3 Å². The van der Waals surface area contributed by atoms with Gasteiger partial charge >= 0.3 is 0 Å². The highest BCUT2D eigenvalue weighted by atomic mass is 15.1. The molecule has 2 heteroatoms. The highest BCUT2D eigenvalue weighted by Gasteiger charge is 2.26. The van der Waals surface area contributed by atoms with Crippen molar-refractivity contribution in [3.63, 3.8) is 0 Å². The first-order chi connectivity index (χ1) is 4.91. The van der Waals surface area contributed by atoms with Crippen molar-refractivity contribution < 1.29 is 0 Å². The number of hydrogen-bond donors (Lipinski definition) is 2. The van der Waals surface area contributed by atoms with Crippen molar-refractivity contribution in [1.82, 2.24) is 5.32 Å². The van der Waals surface area contributed by atoms with Gasteiger partial charge in [-0.15, -0.1) is 0 Å². The van der Waals surface area contributed by atoms with Gasteiger partial charge in [0.15, 0.2) is 0 Å². The van der Waals surface area contributed by atoms with Gasteiger partial charge in [-0.3, -0.25) is 0 Å². The monoisotopic (exact) mass is 154 g/mol. The summed E-state index contributed by atoms with van der Waals surface area (Å²) in [5, 5.41) is 3.23. The summed E-state index contributed by atoms with van der Waals surface area (Å²) in [6.07, 6.45) is 1.14. The third kappa shape index (κ3) is 1.74. The van der Waals surface area contributed by atoms with E-state index in [0.29, 0.717) is 0 Å². The minimum absolute atomic E-state index is 0.143. The van der Waals surface area contributed by atoms with Crippen LogP contribution in [-0.4, -0.2) is 6.17 Å². The number of hydrogen-bond acceptors (Lipinski definition) is 2. The smallest absolute Gasteiger partial charge is 0.0778 e. The van der Waals surface area contributed by atoms with Crippen LogP contribution in [0.3, 0.4) is 0 Å². The standard InChI is InChI=1S/C9H18N2/c1-6-7(9(2,3)4)5-8(10)11-6/h8,11H,5,10H2,1-4H3. The third-order valence-corrected chi connectivity index (χ3v) is 2.18. The Bertz CT molecular complexity index is 186. The SMILES string of the molecule is CC1=C(C(C)(C)C)CC(N)N1. The molecular formula is C9H18N2. The quantitative estimate of drug-likeness (QED) is 0.556. The molecule has 1 aliphatic rings. The summed E-state index contributed by atoms with van der Waals surface area (Å²) in [5.41, 5.74) is 8.76. The summed E-state index contributed by atoms with van der Waals surface area (Å²) in [7, 11) is 0. The molecule has 2 nitrogen and oxygen atoms in total. The van der Waals surface area contributed by atoms with Gasteiger partial charge in [0.2, 0.25) is 0 Å². The van der Waals surface area contributed by atoms with E-state index in [1.165, 1.54) is 11.3 Å². The molecule has 1 unspecified atom stereocenters. The molecule has 0 aliphatic carbocycles. The Balaban J connectivity index is 2.80. The fourth-order valence-electron chi connectivity index (χ4n) is 1.66. The lowest BCUT2D eigenvalue weighted by atomic mass is 9.84. The first kappa shape index (κ1) is 8.60. The highest BCUT2D eigenvalue weighted by molar-refractivity contribution is 5.23. The lowest BCUT2D eigenvalue weighted by molar-refractivity contribution is 0.478. The van der Waals surface area contributed by atoms with Gasteiger partial charge in [-0.2, -0.15) is 0 Å². The molecule has 1 atom stereocenters. The van der Waals surface area contributed by atoms with E-state index in [1.54, 1.807) is 0 Å². The molecule has 0 aromatic carbocycles. The molecule has 1 aliphatic heterocycles. The summed E-state index contributed by atoms with van der Waals surface area (Å²) >= 11 is 0. The highest BCUT2D eigenvalue weighted by Crippen LogP contribution is 2.33. The van der Waals surface area contributed by atoms with Crippen LogP contribution < -0.4 is 11.1 Å². The molecule has 0 saturated heterocycles. The second kappa shape index (κ2) is 2.52. The van der Waals surface area contributed by atoms with Gasteiger partial charge in [0.05, 0.1) is 6.17 Å².